The van der Waals surface area contributed by atoms with Gasteiger partial charge in [0.05, 0.1) is 12.8 Å². The summed E-state index contributed by atoms with van der Waals surface area (Å²) >= 11 is 0. The number of rotatable bonds is 3. The van der Waals surface area contributed by atoms with E-state index in [9.17, 15) is 4.39 Å². The highest BCUT2D eigenvalue weighted by Crippen LogP contribution is 2.26. The molecule has 2 aromatic carbocycles. The molecule has 94 valence electrons. The number of nitrogens with one attached hydrogen (secondary N) is 1. The SMILES string of the molecule is COc1cc(N)cc(Nc2cc(C)ccc2F)c1. The molecule has 0 spiro atoms. The lowest BCUT2D eigenvalue weighted by Crippen LogP contribution is -1.97. The third-order valence-corrected chi connectivity index (χ3v) is 2.57. The Morgan fingerprint density at radius 2 is 1.94 bits per heavy atom. The molecule has 0 fully saturated rings. The van der Waals surface area contributed by atoms with Crippen LogP contribution in [0, 0.1) is 12.7 Å². The Morgan fingerprint density at radius 1 is 1.17 bits per heavy atom. The van der Waals surface area contributed by atoms with E-state index in [0.29, 0.717) is 22.8 Å². The van der Waals surface area contributed by atoms with E-state index in [1.165, 1.54) is 6.07 Å². The normalized spacial score (nSPS) is 10.2. The Balaban J connectivity index is 2.33. The van der Waals surface area contributed by atoms with Crippen LogP contribution in [0.1, 0.15) is 5.56 Å². The quantitative estimate of drug-likeness (QED) is 0.815. The minimum absolute atomic E-state index is 0.304. The number of nitrogen functional groups attached to an aromatic ring is 1. The summed E-state index contributed by atoms with van der Waals surface area (Å²) < 4.78 is 18.7. The van der Waals surface area contributed by atoms with E-state index in [0.717, 1.165) is 5.56 Å². The van der Waals surface area contributed by atoms with Gasteiger partial charge in [0.1, 0.15) is 11.6 Å². The second kappa shape index (κ2) is 4.96. The highest BCUT2D eigenvalue weighted by atomic mass is 19.1. The van der Waals surface area contributed by atoms with Crippen LogP contribution in [-0.2, 0) is 0 Å². The number of methoxy groups -OCH3 is 1. The van der Waals surface area contributed by atoms with Crippen molar-refractivity contribution in [3.8, 4) is 5.75 Å². The molecular weight excluding hydrogens is 231 g/mol. The summed E-state index contributed by atoms with van der Waals surface area (Å²) in [6, 6.07) is 10.1. The van der Waals surface area contributed by atoms with Crippen molar-refractivity contribution < 1.29 is 9.13 Å². The summed E-state index contributed by atoms with van der Waals surface area (Å²) in [7, 11) is 1.56. The molecule has 0 amide bonds. The lowest BCUT2D eigenvalue weighted by atomic mass is 10.2. The van der Waals surface area contributed by atoms with Crippen LogP contribution in [0.5, 0.6) is 5.75 Å². The summed E-state index contributed by atoms with van der Waals surface area (Å²) in [6.45, 7) is 1.91. The summed E-state index contributed by atoms with van der Waals surface area (Å²) in [6.07, 6.45) is 0. The molecule has 0 aliphatic heterocycles. The topological polar surface area (TPSA) is 47.3 Å². The second-order valence-corrected chi connectivity index (χ2v) is 4.10. The van der Waals surface area contributed by atoms with Gasteiger partial charge in [0.25, 0.3) is 0 Å². The molecule has 0 heterocycles. The van der Waals surface area contributed by atoms with E-state index in [1.807, 2.05) is 6.92 Å². The highest BCUT2D eigenvalue weighted by molar-refractivity contribution is 5.66. The molecule has 0 saturated carbocycles. The molecule has 3 nitrogen and oxygen atoms in total. The summed E-state index contributed by atoms with van der Waals surface area (Å²) in [5.41, 5.74) is 8.39. The van der Waals surface area contributed by atoms with Crippen LogP contribution in [0.4, 0.5) is 21.5 Å². The number of aryl methyl sites for hydroxylation is 1. The van der Waals surface area contributed by atoms with Crippen molar-refractivity contribution in [2.75, 3.05) is 18.2 Å². The van der Waals surface area contributed by atoms with Gasteiger partial charge in [-0.25, -0.2) is 4.39 Å². The standard InChI is InChI=1S/C14H15FN2O/c1-9-3-4-13(15)14(5-9)17-11-6-10(16)7-12(8-11)18-2/h3-8,17H,16H2,1-2H3. The van der Waals surface area contributed by atoms with Gasteiger partial charge in [-0.1, -0.05) is 6.07 Å². The predicted molar refractivity (Wildman–Crippen MR) is 71.8 cm³/mol. The molecule has 0 saturated heterocycles. The highest BCUT2D eigenvalue weighted by Gasteiger charge is 2.04. The summed E-state index contributed by atoms with van der Waals surface area (Å²) in [5, 5.41) is 2.99. The van der Waals surface area contributed by atoms with Crippen LogP contribution >= 0.6 is 0 Å². The van der Waals surface area contributed by atoms with E-state index in [2.05, 4.69) is 5.32 Å². The smallest absolute Gasteiger partial charge is 0.146 e. The first-order valence-corrected chi connectivity index (χ1v) is 5.56. The maximum absolute atomic E-state index is 13.6. The van der Waals surface area contributed by atoms with Crippen molar-refractivity contribution in [2.24, 2.45) is 0 Å². The van der Waals surface area contributed by atoms with Crippen LogP contribution in [0.25, 0.3) is 0 Å². The average molecular weight is 246 g/mol. The van der Waals surface area contributed by atoms with E-state index >= 15 is 0 Å². The van der Waals surface area contributed by atoms with Crippen LogP contribution in [0.3, 0.4) is 0 Å². The van der Waals surface area contributed by atoms with Crippen molar-refractivity contribution >= 4 is 17.1 Å². The van der Waals surface area contributed by atoms with Gasteiger partial charge >= 0.3 is 0 Å². The van der Waals surface area contributed by atoms with Crippen LogP contribution in [-0.4, -0.2) is 7.11 Å². The minimum atomic E-state index is -0.304. The molecule has 4 heteroatoms. The molecule has 0 bridgehead atoms. The van der Waals surface area contributed by atoms with Gasteiger partial charge in [0, 0.05) is 23.5 Å². The molecule has 3 N–H and O–H groups in total. The van der Waals surface area contributed by atoms with E-state index in [1.54, 1.807) is 37.4 Å². The molecule has 18 heavy (non-hydrogen) atoms. The van der Waals surface area contributed by atoms with Gasteiger partial charge in [-0.3, -0.25) is 0 Å². The zero-order valence-electron chi connectivity index (χ0n) is 10.3. The van der Waals surface area contributed by atoms with Crippen molar-refractivity contribution in [2.45, 2.75) is 6.92 Å². The first kappa shape index (κ1) is 12.2. The molecule has 2 aromatic rings. The van der Waals surface area contributed by atoms with Crippen molar-refractivity contribution in [1.82, 2.24) is 0 Å². The molecule has 0 aliphatic rings. The second-order valence-electron chi connectivity index (χ2n) is 4.10. The lowest BCUT2D eigenvalue weighted by molar-refractivity contribution is 0.415. The van der Waals surface area contributed by atoms with Crippen molar-refractivity contribution in [3.05, 3.63) is 47.8 Å². The van der Waals surface area contributed by atoms with Crippen LogP contribution in [0.2, 0.25) is 0 Å². The van der Waals surface area contributed by atoms with Gasteiger partial charge in [-0.05, 0) is 30.7 Å². The predicted octanol–water partition coefficient (Wildman–Crippen LogP) is 3.47. The third kappa shape index (κ3) is 2.71. The largest absolute Gasteiger partial charge is 0.497 e. The zero-order valence-corrected chi connectivity index (χ0v) is 10.3. The lowest BCUT2D eigenvalue weighted by Gasteiger charge is -2.11. The van der Waals surface area contributed by atoms with Crippen molar-refractivity contribution in [1.29, 1.82) is 0 Å². The maximum atomic E-state index is 13.6. The maximum Gasteiger partial charge on any atom is 0.146 e. The van der Waals surface area contributed by atoms with Gasteiger partial charge < -0.3 is 15.8 Å². The monoisotopic (exact) mass is 246 g/mol. The Labute approximate surface area is 105 Å². The molecule has 0 radical (unpaired) electrons. The Kier molecular flexibility index (Phi) is 3.37. The number of ether oxygens (including phenoxy) is 1. The fourth-order valence-corrected chi connectivity index (χ4v) is 1.70. The first-order valence-electron chi connectivity index (χ1n) is 5.56. The Bertz CT molecular complexity index is 570. The fourth-order valence-electron chi connectivity index (χ4n) is 1.70. The van der Waals surface area contributed by atoms with Gasteiger partial charge in [-0.2, -0.15) is 0 Å². The van der Waals surface area contributed by atoms with Crippen LogP contribution in [0.15, 0.2) is 36.4 Å². The van der Waals surface area contributed by atoms with E-state index in [4.69, 9.17) is 10.5 Å². The molecule has 0 atom stereocenters. The number of hydrogen-bond acceptors (Lipinski definition) is 3. The molecule has 0 aromatic heterocycles. The molecule has 2 rings (SSSR count). The third-order valence-electron chi connectivity index (χ3n) is 2.57. The minimum Gasteiger partial charge on any atom is -0.497 e. The molecule has 0 aliphatic carbocycles. The number of halogens is 1. The van der Waals surface area contributed by atoms with Crippen LogP contribution < -0.4 is 15.8 Å². The molecule has 0 unspecified atom stereocenters. The van der Waals surface area contributed by atoms with Crippen molar-refractivity contribution in [3.63, 3.8) is 0 Å². The number of benzene rings is 2. The van der Waals surface area contributed by atoms with E-state index < -0.39 is 0 Å². The Hall–Kier alpha value is -2.23. The average Bonchev–Trinajstić information content (AvgIpc) is 2.33. The zero-order chi connectivity index (χ0) is 13.1. The number of hydrogen-bond donors (Lipinski definition) is 2. The molecular formula is C14H15FN2O. The fraction of sp³-hybridized carbons (Fsp3) is 0.143. The Morgan fingerprint density at radius 3 is 2.67 bits per heavy atom. The number of nitrogens with two attached hydrogens (primary N) is 1. The number of anilines is 3. The summed E-state index contributed by atoms with van der Waals surface area (Å²) in [5.74, 6) is 0.326. The van der Waals surface area contributed by atoms with Gasteiger partial charge in [-0.15, -0.1) is 0 Å². The first-order chi connectivity index (χ1) is 8.58. The van der Waals surface area contributed by atoms with Gasteiger partial charge in [0.15, 0.2) is 0 Å². The van der Waals surface area contributed by atoms with E-state index in [-0.39, 0.29) is 5.82 Å². The van der Waals surface area contributed by atoms with Gasteiger partial charge in [0.2, 0.25) is 0 Å². The summed E-state index contributed by atoms with van der Waals surface area (Å²) in [4.78, 5) is 0.